The van der Waals surface area contributed by atoms with Crippen LogP contribution in [0.2, 0.25) is 0 Å². The number of allylic oxidation sites excluding steroid dienone is 1. The van der Waals surface area contributed by atoms with Crippen molar-refractivity contribution in [1.82, 2.24) is 0 Å². The first-order chi connectivity index (χ1) is 10.7. The number of oxime groups is 1. The summed E-state index contributed by atoms with van der Waals surface area (Å²) in [7, 11) is 1.63. The van der Waals surface area contributed by atoms with Crippen LogP contribution in [0.4, 0.5) is 0 Å². The number of carbonyl (C=O) groups is 1. The van der Waals surface area contributed by atoms with Gasteiger partial charge in [-0.15, -0.1) is 0 Å². The Bertz CT molecular complexity index is 673. The van der Waals surface area contributed by atoms with E-state index in [1.807, 2.05) is 60.7 Å². The van der Waals surface area contributed by atoms with Gasteiger partial charge in [0.1, 0.15) is 11.5 Å². The fourth-order valence-electron chi connectivity index (χ4n) is 1.79. The molecule has 0 aliphatic heterocycles. The van der Waals surface area contributed by atoms with E-state index in [1.165, 1.54) is 6.92 Å². The maximum Gasteiger partial charge on any atom is 0.332 e. The second-order valence-corrected chi connectivity index (χ2v) is 4.53. The number of carbonyl (C=O) groups excluding carboxylic acids is 1. The van der Waals surface area contributed by atoms with Crippen LogP contribution in [0.15, 0.2) is 65.8 Å². The van der Waals surface area contributed by atoms with Crippen molar-refractivity contribution < 1.29 is 14.4 Å². The molecule has 0 N–H and O–H groups in total. The predicted molar refractivity (Wildman–Crippen MR) is 86.8 cm³/mol. The molecule has 0 aromatic heterocycles. The zero-order valence-electron chi connectivity index (χ0n) is 12.5. The Morgan fingerprint density at radius 2 is 1.73 bits per heavy atom. The van der Waals surface area contributed by atoms with Gasteiger partial charge < -0.3 is 9.57 Å². The number of methoxy groups -OCH3 is 1. The van der Waals surface area contributed by atoms with Crippen molar-refractivity contribution in [3.05, 3.63) is 71.8 Å². The summed E-state index contributed by atoms with van der Waals surface area (Å²) < 4.78 is 5.12. The van der Waals surface area contributed by atoms with Crippen LogP contribution in [0.1, 0.15) is 18.1 Å². The first-order valence-electron chi connectivity index (χ1n) is 6.82. The lowest BCUT2D eigenvalue weighted by Crippen LogP contribution is -2.00. The lowest BCUT2D eigenvalue weighted by atomic mass is 10.1. The third kappa shape index (κ3) is 4.59. The van der Waals surface area contributed by atoms with Gasteiger partial charge >= 0.3 is 5.97 Å². The zero-order valence-corrected chi connectivity index (χ0v) is 12.5. The average molecular weight is 295 g/mol. The number of nitrogens with zero attached hydrogens (tertiary/aromatic N) is 1. The van der Waals surface area contributed by atoms with Gasteiger partial charge in [-0.3, -0.25) is 0 Å². The molecule has 0 bridgehead atoms. The van der Waals surface area contributed by atoms with Crippen LogP contribution in [0.25, 0.3) is 6.08 Å². The van der Waals surface area contributed by atoms with Crippen LogP contribution in [-0.2, 0) is 9.63 Å². The van der Waals surface area contributed by atoms with Gasteiger partial charge in [-0.2, -0.15) is 0 Å². The monoisotopic (exact) mass is 295 g/mol. The molecule has 4 heteroatoms. The van der Waals surface area contributed by atoms with Gasteiger partial charge in [0, 0.05) is 12.5 Å². The molecule has 2 aromatic rings. The molecule has 0 unspecified atom stereocenters. The quantitative estimate of drug-likeness (QED) is 0.480. The molecule has 0 saturated heterocycles. The van der Waals surface area contributed by atoms with Crippen molar-refractivity contribution in [2.24, 2.45) is 5.16 Å². The lowest BCUT2D eigenvalue weighted by Gasteiger charge is -2.02. The van der Waals surface area contributed by atoms with Gasteiger partial charge in [-0.05, 0) is 23.8 Å². The largest absolute Gasteiger partial charge is 0.497 e. The normalized spacial score (nSPS) is 11.5. The van der Waals surface area contributed by atoms with Crippen molar-refractivity contribution in [2.75, 3.05) is 7.11 Å². The Hall–Kier alpha value is -2.88. The summed E-state index contributed by atoms with van der Waals surface area (Å²) in [6.07, 6.45) is 3.70. The highest BCUT2D eigenvalue weighted by atomic mass is 16.7. The van der Waals surface area contributed by atoms with E-state index >= 15 is 0 Å². The summed E-state index contributed by atoms with van der Waals surface area (Å²) in [5.74, 6) is 0.347. The van der Waals surface area contributed by atoms with Gasteiger partial charge in [-0.1, -0.05) is 53.7 Å². The van der Waals surface area contributed by atoms with Crippen LogP contribution in [0, 0.1) is 0 Å². The minimum absolute atomic E-state index is 0.453. The summed E-state index contributed by atoms with van der Waals surface area (Å²) in [5, 5.41) is 3.90. The molecule has 0 aliphatic rings. The minimum Gasteiger partial charge on any atom is -0.497 e. The number of rotatable bonds is 5. The second-order valence-electron chi connectivity index (χ2n) is 4.53. The molecule has 0 heterocycles. The van der Waals surface area contributed by atoms with Crippen molar-refractivity contribution >= 4 is 17.8 Å². The van der Waals surface area contributed by atoms with Crippen LogP contribution in [0.5, 0.6) is 5.75 Å². The number of hydrogen-bond acceptors (Lipinski definition) is 4. The van der Waals surface area contributed by atoms with Gasteiger partial charge in [0.2, 0.25) is 0 Å². The summed E-state index contributed by atoms with van der Waals surface area (Å²) in [4.78, 5) is 15.7. The van der Waals surface area contributed by atoms with Crippen LogP contribution in [0.3, 0.4) is 0 Å². The fraction of sp³-hybridized carbons (Fsp3) is 0.111. The minimum atomic E-state index is -0.453. The molecule has 112 valence electrons. The Balaban J connectivity index is 2.23. The standard InChI is InChI=1S/C18H17NO3/c1-14(20)22-19-18(16-6-4-3-5-7-16)13-10-15-8-11-17(21-2)12-9-15/h3-13H,1-2H3/b13-10+,19-18+. The van der Waals surface area contributed by atoms with E-state index in [0.29, 0.717) is 5.71 Å². The smallest absolute Gasteiger partial charge is 0.332 e. The molecule has 0 saturated carbocycles. The number of ether oxygens (including phenoxy) is 1. The third-order valence-electron chi connectivity index (χ3n) is 2.89. The molecule has 4 nitrogen and oxygen atoms in total. The molecule has 2 aromatic carbocycles. The molecule has 0 spiro atoms. The van der Waals surface area contributed by atoms with Crippen molar-refractivity contribution in [3.63, 3.8) is 0 Å². The van der Waals surface area contributed by atoms with Gasteiger partial charge in [0.25, 0.3) is 0 Å². The predicted octanol–water partition coefficient (Wildman–Crippen LogP) is 3.68. The molecule has 0 fully saturated rings. The molecule has 0 radical (unpaired) electrons. The first kappa shape index (κ1) is 15.5. The summed E-state index contributed by atoms with van der Waals surface area (Å²) in [6.45, 7) is 1.32. The molecular weight excluding hydrogens is 278 g/mol. The van der Waals surface area contributed by atoms with Crippen molar-refractivity contribution in [2.45, 2.75) is 6.92 Å². The van der Waals surface area contributed by atoms with Gasteiger partial charge in [-0.25, -0.2) is 4.79 Å². The molecule has 0 aliphatic carbocycles. The van der Waals surface area contributed by atoms with E-state index in [0.717, 1.165) is 16.9 Å². The molecule has 0 amide bonds. The number of hydrogen-bond donors (Lipinski definition) is 0. The average Bonchev–Trinajstić information content (AvgIpc) is 2.56. The first-order valence-corrected chi connectivity index (χ1v) is 6.82. The highest BCUT2D eigenvalue weighted by Crippen LogP contribution is 2.13. The molecule has 22 heavy (non-hydrogen) atoms. The Morgan fingerprint density at radius 3 is 2.32 bits per heavy atom. The highest BCUT2D eigenvalue weighted by molar-refractivity contribution is 6.10. The third-order valence-corrected chi connectivity index (χ3v) is 2.89. The van der Waals surface area contributed by atoms with Crippen LogP contribution < -0.4 is 4.74 Å². The summed E-state index contributed by atoms with van der Waals surface area (Å²) in [5.41, 5.74) is 2.44. The van der Waals surface area contributed by atoms with E-state index in [2.05, 4.69) is 5.16 Å². The Kier molecular flexibility index (Phi) is 5.49. The van der Waals surface area contributed by atoms with Crippen molar-refractivity contribution in [3.8, 4) is 5.75 Å². The van der Waals surface area contributed by atoms with E-state index in [-0.39, 0.29) is 0 Å². The van der Waals surface area contributed by atoms with Crippen LogP contribution >= 0.6 is 0 Å². The van der Waals surface area contributed by atoms with Crippen molar-refractivity contribution in [1.29, 1.82) is 0 Å². The van der Waals surface area contributed by atoms with Gasteiger partial charge in [0.15, 0.2) is 0 Å². The maximum atomic E-state index is 11.0. The molecule has 0 atom stereocenters. The van der Waals surface area contributed by atoms with E-state index < -0.39 is 5.97 Å². The molecular formula is C18H17NO3. The molecule has 2 rings (SSSR count). The van der Waals surface area contributed by atoms with Gasteiger partial charge in [0.05, 0.1) is 7.11 Å². The maximum absolute atomic E-state index is 11.0. The van der Waals surface area contributed by atoms with E-state index in [4.69, 9.17) is 9.57 Å². The van der Waals surface area contributed by atoms with E-state index in [9.17, 15) is 4.79 Å². The Morgan fingerprint density at radius 1 is 1.05 bits per heavy atom. The summed E-state index contributed by atoms with van der Waals surface area (Å²) in [6, 6.07) is 17.2. The second kappa shape index (κ2) is 7.78. The summed E-state index contributed by atoms with van der Waals surface area (Å²) >= 11 is 0. The Labute approximate surface area is 129 Å². The topological polar surface area (TPSA) is 47.9 Å². The fourth-order valence-corrected chi connectivity index (χ4v) is 1.79. The van der Waals surface area contributed by atoms with Crippen LogP contribution in [-0.4, -0.2) is 18.8 Å². The lowest BCUT2D eigenvalue weighted by molar-refractivity contribution is -0.140. The highest BCUT2D eigenvalue weighted by Gasteiger charge is 2.01. The van der Waals surface area contributed by atoms with E-state index in [1.54, 1.807) is 13.2 Å². The SMILES string of the molecule is COc1ccc(/C=C/C(=N\OC(C)=O)c2ccccc2)cc1. The zero-order chi connectivity index (χ0) is 15.8. The number of benzene rings is 2.